The van der Waals surface area contributed by atoms with E-state index in [1.807, 2.05) is 12.1 Å². The average Bonchev–Trinajstić information content (AvgIpc) is 3.24. The van der Waals surface area contributed by atoms with Crippen molar-refractivity contribution in [2.45, 2.75) is 0 Å². The Morgan fingerprint density at radius 1 is 1.04 bits per heavy atom. The lowest BCUT2D eigenvalue weighted by Crippen LogP contribution is -2.15. The normalized spacial score (nSPS) is 10.9. The zero-order chi connectivity index (χ0) is 16.5. The van der Waals surface area contributed by atoms with E-state index >= 15 is 0 Å². The molecular weight excluding hydrogens is 308 g/mol. The van der Waals surface area contributed by atoms with Gasteiger partial charge < -0.3 is 5.32 Å². The van der Waals surface area contributed by atoms with Crippen molar-refractivity contribution in [3.05, 3.63) is 54.7 Å². The van der Waals surface area contributed by atoms with Crippen LogP contribution in [0.3, 0.4) is 0 Å². The Morgan fingerprint density at radius 2 is 1.83 bits per heavy atom. The van der Waals surface area contributed by atoms with Gasteiger partial charge in [0.05, 0.1) is 5.69 Å². The molecule has 118 valence electrons. The second-order valence-corrected chi connectivity index (χ2v) is 5.07. The molecule has 3 heterocycles. The van der Waals surface area contributed by atoms with Gasteiger partial charge in [0.25, 0.3) is 5.91 Å². The van der Waals surface area contributed by atoms with Crippen molar-refractivity contribution in [3.8, 4) is 5.82 Å². The fourth-order valence-corrected chi connectivity index (χ4v) is 2.34. The van der Waals surface area contributed by atoms with Crippen LogP contribution in [0.4, 0.5) is 5.69 Å². The summed E-state index contributed by atoms with van der Waals surface area (Å²) in [5.41, 5.74) is 2.20. The summed E-state index contributed by atoms with van der Waals surface area (Å²) in [5.74, 6) is 0.230. The summed E-state index contributed by atoms with van der Waals surface area (Å²) in [6, 6.07) is 10.6. The number of hydrogen-bond donors (Lipinski definition) is 1. The number of hydrogen-bond acceptors (Lipinski definition) is 6. The van der Waals surface area contributed by atoms with Crippen molar-refractivity contribution < 1.29 is 4.79 Å². The van der Waals surface area contributed by atoms with Gasteiger partial charge in [0.1, 0.15) is 35.2 Å². The first-order valence-electron chi connectivity index (χ1n) is 7.14. The lowest BCUT2D eigenvalue weighted by atomic mass is 10.2. The molecule has 0 aliphatic carbocycles. The van der Waals surface area contributed by atoms with Crippen LogP contribution in [0.15, 0.2) is 49.1 Å². The highest BCUT2D eigenvalue weighted by Gasteiger charge is 2.13. The molecular formula is C15H12N8O. The van der Waals surface area contributed by atoms with Crippen molar-refractivity contribution in [2.24, 2.45) is 7.05 Å². The number of amides is 1. The predicted octanol–water partition coefficient (Wildman–Crippen LogP) is 1.20. The molecule has 0 aliphatic rings. The standard InChI is InChI=1S/C15H12N8O/c1-22-20-11-5-2-4-10(14(11)21-22)19-15(24)12-6-3-7-13(18-12)23-8-16-17-9-23/h2-9H,1H3,(H,19,24). The number of carbonyl (C=O) groups excluding carboxylic acids is 1. The first kappa shape index (κ1) is 14.0. The third kappa shape index (κ3) is 2.47. The van der Waals surface area contributed by atoms with E-state index in [2.05, 4.69) is 30.7 Å². The summed E-state index contributed by atoms with van der Waals surface area (Å²) in [6.45, 7) is 0. The maximum Gasteiger partial charge on any atom is 0.274 e. The van der Waals surface area contributed by atoms with E-state index in [0.29, 0.717) is 22.5 Å². The zero-order valence-electron chi connectivity index (χ0n) is 12.7. The number of carbonyl (C=O) groups is 1. The summed E-state index contributed by atoms with van der Waals surface area (Å²) in [7, 11) is 1.73. The number of nitrogens with one attached hydrogen (secondary N) is 1. The van der Waals surface area contributed by atoms with E-state index in [1.165, 1.54) is 17.5 Å². The molecule has 0 fully saturated rings. The molecule has 24 heavy (non-hydrogen) atoms. The van der Waals surface area contributed by atoms with Crippen LogP contribution in [-0.2, 0) is 7.05 Å². The van der Waals surface area contributed by atoms with Crippen molar-refractivity contribution >= 4 is 22.6 Å². The molecule has 0 unspecified atom stereocenters. The predicted molar refractivity (Wildman–Crippen MR) is 85.6 cm³/mol. The first-order chi connectivity index (χ1) is 11.7. The van der Waals surface area contributed by atoms with Crippen LogP contribution in [0.25, 0.3) is 16.9 Å². The highest BCUT2D eigenvalue weighted by atomic mass is 16.1. The quantitative estimate of drug-likeness (QED) is 0.608. The molecule has 0 atom stereocenters. The Morgan fingerprint density at radius 3 is 2.67 bits per heavy atom. The largest absolute Gasteiger partial charge is 0.319 e. The number of aromatic nitrogens is 7. The van der Waals surface area contributed by atoms with Gasteiger partial charge in [-0.2, -0.15) is 15.0 Å². The Bertz CT molecular complexity index is 1020. The van der Waals surface area contributed by atoms with Gasteiger partial charge in [0.2, 0.25) is 0 Å². The van der Waals surface area contributed by atoms with E-state index < -0.39 is 0 Å². The lowest BCUT2D eigenvalue weighted by Gasteiger charge is -2.06. The second kappa shape index (κ2) is 5.54. The molecule has 0 radical (unpaired) electrons. The monoisotopic (exact) mass is 320 g/mol. The molecule has 0 saturated heterocycles. The lowest BCUT2D eigenvalue weighted by molar-refractivity contribution is 0.102. The molecule has 1 N–H and O–H groups in total. The van der Waals surface area contributed by atoms with Gasteiger partial charge in [0.15, 0.2) is 0 Å². The van der Waals surface area contributed by atoms with Crippen molar-refractivity contribution in [2.75, 3.05) is 5.32 Å². The highest BCUT2D eigenvalue weighted by Crippen LogP contribution is 2.20. The third-order valence-corrected chi connectivity index (χ3v) is 3.41. The fraction of sp³-hybridized carbons (Fsp3) is 0.0667. The van der Waals surface area contributed by atoms with Gasteiger partial charge in [-0.15, -0.1) is 10.2 Å². The van der Waals surface area contributed by atoms with Crippen LogP contribution in [-0.4, -0.2) is 40.6 Å². The number of fused-ring (bicyclic) bond motifs is 1. The van der Waals surface area contributed by atoms with E-state index in [0.717, 1.165) is 0 Å². The van der Waals surface area contributed by atoms with Gasteiger partial charge in [-0.25, -0.2) is 4.98 Å². The van der Waals surface area contributed by atoms with Crippen LogP contribution in [0.5, 0.6) is 0 Å². The Labute approximate surface area is 136 Å². The summed E-state index contributed by atoms with van der Waals surface area (Å²) >= 11 is 0. The van der Waals surface area contributed by atoms with Crippen LogP contribution in [0.2, 0.25) is 0 Å². The molecule has 0 bridgehead atoms. The number of rotatable bonds is 3. The van der Waals surface area contributed by atoms with E-state index in [-0.39, 0.29) is 11.6 Å². The van der Waals surface area contributed by atoms with Gasteiger partial charge in [0, 0.05) is 7.05 Å². The van der Waals surface area contributed by atoms with Crippen molar-refractivity contribution in [3.63, 3.8) is 0 Å². The molecule has 9 heteroatoms. The second-order valence-electron chi connectivity index (χ2n) is 5.07. The molecule has 9 nitrogen and oxygen atoms in total. The number of anilines is 1. The number of nitrogens with zero attached hydrogens (tertiary/aromatic N) is 7. The first-order valence-corrected chi connectivity index (χ1v) is 7.14. The summed E-state index contributed by atoms with van der Waals surface area (Å²) in [6.07, 6.45) is 3.04. The fourth-order valence-electron chi connectivity index (χ4n) is 2.34. The molecule has 1 aromatic carbocycles. The van der Waals surface area contributed by atoms with Gasteiger partial charge in [-0.3, -0.25) is 9.36 Å². The number of aryl methyl sites for hydroxylation is 1. The van der Waals surface area contributed by atoms with E-state index in [4.69, 9.17) is 0 Å². The number of benzene rings is 1. The van der Waals surface area contributed by atoms with Crippen LogP contribution >= 0.6 is 0 Å². The van der Waals surface area contributed by atoms with E-state index in [9.17, 15) is 4.79 Å². The summed E-state index contributed by atoms with van der Waals surface area (Å²) in [4.78, 5) is 18.3. The highest BCUT2D eigenvalue weighted by molar-refractivity contribution is 6.06. The van der Waals surface area contributed by atoms with Gasteiger partial charge >= 0.3 is 0 Å². The molecule has 1 amide bonds. The van der Waals surface area contributed by atoms with Gasteiger partial charge in [-0.05, 0) is 24.3 Å². The Kier molecular flexibility index (Phi) is 3.23. The van der Waals surface area contributed by atoms with Crippen LogP contribution in [0, 0.1) is 0 Å². The minimum atomic E-state index is -0.330. The van der Waals surface area contributed by atoms with Crippen molar-refractivity contribution in [1.29, 1.82) is 0 Å². The smallest absolute Gasteiger partial charge is 0.274 e. The SMILES string of the molecule is Cn1nc2cccc(NC(=O)c3cccc(-n4cnnc4)n3)c2n1. The minimum absolute atomic E-state index is 0.280. The molecule has 0 spiro atoms. The van der Waals surface area contributed by atoms with Crippen LogP contribution < -0.4 is 5.32 Å². The molecule has 3 aromatic heterocycles. The molecule has 4 aromatic rings. The van der Waals surface area contributed by atoms with Crippen molar-refractivity contribution in [1.82, 2.24) is 34.7 Å². The van der Waals surface area contributed by atoms with E-state index in [1.54, 1.807) is 35.9 Å². The summed E-state index contributed by atoms with van der Waals surface area (Å²) < 4.78 is 1.63. The number of pyridine rings is 1. The topological polar surface area (TPSA) is 103 Å². The van der Waals surface area contributed by atoms with Crippen LogP contribution in [0.1, 0.15) is 10.5 Å². The maximum absolute atomic E-state index is 12.5. The molecule has 0 aliphatic heterocycles. The Hall–Kier alpha value is -3.62. The van der Waals surface area contributed by atoms with Gasteiger partial charge in [-0.1, -0.05) is 12.1 Å². The third-order valence-electron chi connectivity index (χ3n) is 3.41. The molecule has 0 saturated carbocycles. The Balaban J connectivity index is 1.65. The molecule has 4 rings (SSSR count). The zero-order valence-corrected chi connectivity index (χ0v) is 12.7. The average molecular weight is 320 g/mol. The summed E-state index contributed by atoms with van der Waals surface area (Å²) in [5, 5.41) is 18.8. The minimum Gasteiger partial charge on any atom is -0.319 e. The maximum atomic E-state index is 12.5.